The first-order valence-electron chi connectivity index (χ1n) is 39.3. The fourth-order valence-corrected chi connectivity index (χ4v) is 13.2. The number of carbonyl (C=O) groups excluding carboxylic acids is 4. The lowest BCUT2D eigenvalue weighted by atomic mass is 10.0. The number of aliphatic hydroxyl groups excluding tert-OH is 1. The molecule has 0 aliphatic carbocycles. The van der Waals surface area contributed by atoms with Crippen LogP contribution in [0.15, 0.2) is 0 Å². The summed E-state index contributed by atoms with van der Waals surface area (Å²) in [5.41, 5.74) is 0. The van der Waals surface area contributed by atoms with Crippen molar-refractivity contribution in [2.24, 2.45) is 0 Å². The topological polar surface area (TPSA) is 237 Å². The molecule has 0 aromatic carbocycles. The Bertz CT molecular complexity index is 1790. The summed E-state index contributed by atoms with van der Waals surface area (Å²) in [5.74, 6) is -2.11. The summed E-state index contributed by atoms with van der Waals surface area (Å²) in [6.07, 6.45) is 59.7. The lowest BCUT2D eigenvalue weighted by molar-refractivity contribution is -0.161. The lowest BCUT2D eigenvalue weighted by Crippen LogP contribution is -2.30. The highest BCUT2D eigenvalue weighted by Gasteiger charge is 2.30. The number of carbonyl (C=O) groups is 4. The molecule has 0 heterocycles. The number of ether oxygens (including phenoxy) is 4. The van der Waals surface area contributed by atoms with Gasteiger partial charge in [0.15, 0.2) is 12.2 Å². The third-order valence-corrected chi connectivity index (χ3v) is 19.5. The average Bonchev–Trinajstić information content (AvgIpc) is 2.77. The Labute approximate surface area is 575 Å². The minimum Gasteiger partial charge on any atom is -0.462 e. The molecule has 0 aliphatic heterocycles. The van der Waals surface area contributed by atoms with Crippen LogP contribution in [0.25, 0.3) is 0 Å². The van der Waals surface area contributed by atoms with E-state index in [0.29, 0.717) is 25.7 Å². The monoisotopic (exact) mass is 1380 g/mol. The summed E-state index contributed by atoms with van der Waals surface area (Å²) in [6, 6.07) is 0. The molecule has 94 heavy (non-hydrogen) atoms. The molecule has 0 aromatic rings. The molecule has 17 nitrogen and oxygen atoms in total. The number of hydrogen-bond acceptors (Lipinski definition) is 15. The quantitative estimate of drug-likeness (QED) is 0.0222. The molecule has 0 bridgehead atoms. The number of phosphoric ester groups is 2. The van der Waals surface area contributed by atoms with Crippen molar-refractivity contribution in [2.45, 2.75) is 418 Å². The summed E-state index contributed by atoms with van der Waals surface area (Å²) < 4.78 is 68.4. The number of hydrogen-bond donors (Lipinski definition) is 3. The van der Waals surface area contributed by atoms with Crippen molar-refractivity contribution in [3.63, 3.8) is 0 Å². The van der Waals surface area contributed by atoms with Crippen LogP contribution in [0.2, 0.25) is 0 Å². The summed E-state index contributed by atoms with van der Waals surface area (Å²) in [5, 5.41) is 10.6. The van der Waals surface area contributed by atoms with Gasteiger partial charge < -0.3 is 33.8 Å². The van der Waals surface area contributed by atoms with Gasteiger partial charge in [-0.15, -0.1) is 0 Å². The molecule has 0 amide bonds. The van der Waals surface area contributed by atoms with Crippen molar-refractivity contribution >= 4 is 39.5 Å². The molecule has 0 saturated carbocycles. The molecular formula is C75H146O17P2. The smallest absolute Gasteiger partial charge is 0.462 e. The fraction of sp³-hybridized carbons (Fsp3) is 0.947. The first-order valence-corrected chi connectivity index (χ1v) is 42.3. The molecular weight excluding hydrogens is 1230 g/mol. The van der Waals surface area contributed by atoms with E-state index in [1.807, 2.05) is 0 Å². The standard InChI is InChI=1S/C75H146O17P2/c1-5-9-13-17-21-25-29-31-32-33-34-35-36-37-38-40-42-46-50-54-58-62-75(80)92-71(66-86-73(78)60-56-52-48-45-41-39-30-26-22-18-14-10-6-2)68-90-94(83,84)88-64-69(76)63-87-93(81,82)89-67-70(91-74(79)61-57-53-49-44-28-24-20-16-12-8-4)65-85-72(77)59-55-51-47-43-27-23-19-15-11-7-3/h69-71,76H,5-68H2,1-4H3,(H,81,82)(H,83,84)/t69-,70+,71+/m0/s1. The van der Waals surface area contributed by atoms with E-state index in [0.717, 1.165) is 89.9 Å². The van der Waals surface area contributed by atoms with Gasteiger partial charge >= 0.3 is 39.5 Å². The normalized spacial score (nSPS) is 13.9. The van der Waals surface area contributed by atoms with Crippen LogP contribution in [0.5, 0.6) is 0 Å². The molecule has 5 atom stereocenters. The first-order chi connectivity index (χ1) is 45.7. The van der Waals surface area contributed by atoms with Gasteiger partial charge in [0, 0.05) is 25.7 Å². The maximum atomic E-state index is 13.1. The van der Waals surface area contributed by atoms with E-state index in [2.05, 4.69) is 27.7 Å². The zero-order chi connectivity index (χ0) is 69.0. The minimum atomic E-state index is -4.95. The Hall–Kier alpha value is -1.94. The zero-order valence-electron chi connectivity index (χ0n) is 60.9. The van der Waals surface area contributed by atoms with Crippen LogP contribution in [0.3, 0.4) is 0 Å². The Morgan fingerprint density at radius 3 is 0.628 bits per heavy atom. The molecule has 558 valence electrons. The first kappa shape index (κ1) is 92.1. The Morgan fingerprint density at radius 1 is 0.255 bits per heavy atom. The van der Waals surface area contributed by atoms with Gasteiger partial charge in [0.1, 0.15) is 19.3 Å². The van der Waals surface area contributed by atoms with Gasteiger partial charge in [-0.2, -0.15) is 0 Å². The van der Waals surface area contributed by atoms with Gasteiger partial charge in [-0.1, -0.05) is 349 Å². The van der Waals surface area contributed by atoms with Crippen LogP contribution in [0.1, 0.15) is 400 Å². The van der Waals surface area contributed by atoms with Gasteiger partial charge in [0.05, 0.1) is 26.4 Å². The van der Waals surface area contributed by atoms with Crippen LogP contribution in [-0.2, 0) is 65.4 Å². The number of rotatable bonds is 76. The molecule has 0 rings (SSSR count). The molecule has 0 saturated heterocycles. The third-order valence-electron chi connectivity index (χ3n) is 17.6. The van der Waals surface area contributed by atoms with E-state index in [9.17, 15) is 43.2 Å². The molecule has 0 radical (unpaired) electrons. The average molecular weight is 1380 g/mol. The molecule has 2 unspecified atom stereocenters. The maximum Gasteiger partial charge on any atom is 0.472 e. The molecule has 0 fully saturated rings. The summed E-state index contributed by atoms with van der Waals surface area (Å²) in [4.78, 5) is 72.7. The second-order valence-electron chi connectivity index (χ2n) is 27.0. The van der Waals surface area contributed by atoms with Crippen LogP contribution < -0.4 is 0 Å². The number of aliphatic hydroxyl groups is 1. The van der Waals surface area contributed by atoms with Crippen LogP contribution >= 0.6 is 15.6 Å². The van der Waals surface area contributed by atoms with Crippen molar-refractivity contribution in [3.8, 4) is 0 Å². The Kier molecular flexibility index (Phi) is 68.1. The van der Waals surface area contributed by atoms with Gasteiger partial charge in [-0.25, -0.2) is 9.13 Å². The maximum absolute atomic E-state index is 13.1. The van der Waals surface area contributed by atoms with Crippen LogP contribution in [0, 0.1) is 0 Å². The highest BCUT2D eigenvalue weighted by Crippen LogP contribution is 2.45. The highest BCUT2D eigenvalue weighted by atomic mass is 31.2. The van der Waals surface area contributed by atoms with Crippen molar-refractivity contribution < 1.29 is 80.2 Å². The van der Waals surface area contributed by atoms with E-state index in [1.54, 1.807) is 0 Å². The van der Waals surface area contributed by atoms with Crippen LogP contribution in [-0.4, -0.2) is 96.7 Å². The van der Waals surface area contributed by atoms with Crippen molar-refractivity contribution in [1.29, 1.82) is 0 Å². The predicted molar refractivity (Wildman–Crippen MR) is 382 cm³/mol. The van der Waals surface area contributed by atoms with Gasteiger partial charge in [-0.05, 0) is 25.7 Å². The SMILES string of the molecule is CCCCCCCCCCCCCCCCCCCCCCCC(=O)O[C@H](COC(=O)CCCCCCCCCCCCCCC)COP(=O)(O)OC[C@@H](O)COP(=O)(O)OC[C@@H](COC(=O)CCCCCCCCCCCC)OC(=O)CCCCCCCCCCCC. The van der Waals surface area contributed by atoms with Gasteiger partial charge in [-0.3, -0.25) is 37.3 Å². The van der Waals surface area contributed by atoms with Crippen molar-refractivity contribution in [1.82, 2.24) is 0 Å². The van der Waals surface area contributed by atoms with Crippen molar-refractivity contribution in [2.75, 3.05) is 39.6 Å². The summed E-state index contributed by atoms with van der Waals surface area (Å²) in [7, 11) is -9.90. The lowest BCUT2D eigenvalue weighted by Gasteiger charge is -2.21. The van der Waals surface area contributed by atoms with E-state index in [-0.39, 0.29) is 25.7 Å². The second-order valence-corrected chi connectivity index (χ2v) is 29.9. The highest BCUT2D eigenvalue weighted by molar-refractivity contribution is 7.47. The van der Waals surface area contributed by atoms with Gasteiger partial charge in [0.2, 0.25) is 0 Å². The fourth-order valence-electron chi connectivity index (χ4n) is 11.6. The molecule has 19 heteroatoms. The van der Waals surface area contributed by atoms with E-state index >= 15 is 0 Å². The predicted octanol–water partition coefficient (Wildman–Crippen LogP) is 22.2. The molecule has 0 aliphatic rings. The number of esters is 4. The molecule has 0 spiro atoms. The zero-order valence-corrected chi connectivity index (χ0v) is 62.7. The Balaban J connectivity index is 5.17. The Morgan fingerprint density at radius 2 is 0.426 bits per heavy atom. The number of phosphoric acid groups is 2. The summed E-state index contributed by atoms with van der Waals surface area (Å²) >= 11 is 0. The van der Waals surface area contributed by atoms with E-state index in [4.69, 9.17) is 37.0 Å². The summed E-state index contributed by atoms with van der Waals surface area (Å²) in [6.45, 7) is 4.96. The van der Waals surface area contributed by atoms with Crippen molar-refractivity contribution in [3.05, 3.63) is 0 Å². The molecule has 3 N–H and O–H groups in total. The minimum absolute atomic E-state index is 0.107. The third kappa shape index (κ3) is 68.6. The molecule has 0 aromatic heterocycles. The number of unbranched alkanes of at least 4 members (excludes halogenated alkanes) is 50. The van der Waals surface area contributed by atoms with E-state index < -0.39 is 97.5 Å². The van der Waals surface area contributed by atoms with Gasteiger partial charge in [0.25, 0.3) is 0 Å². The largest absolute Gasteiger partial charge is 0.472 e. The second kappa shape index (κ2) is 69.5. The van der Waals surface area contributed by atoms with Crippen LogP contribution in [0.4, 0.5) is 0 Å². The van der Waals surface area contributed by atoms with E-state index in [1.165, 1.54) is 231 Å².